The van der Waals surface area contributed by atoms with Gasteiger partial charge >= 0.3 is 0 Å². The Balaban J connectivity index is 1.72. The zero-order valence-electron chi connectivity index (χ0n) is 11.6. The molecule has 1 unspecified atom stereocenters. The molecule has 0 fully saturated rings. The maximum atomic E-state index is 5.46. The van der Waals surface area contributed by atoms with Crippen molar-refractivity contribution in [3.63, 3.8) is 0 Å². The molecule has 0 saturated carbocycles. The zero-order chi connectivity index (χ0) is 15.4. The third kappa shape index (κ3) is 3.29. The van der Waals surface area contributed by atoms with Crippen molar-refractivity contribution in [1.82, 2.24) is 5.43 Å². The van der Waals surface area contributed by atoms with Crippen LogP contribution in [0.1, 0.15) is 16.5 Å². The lowest BCUT2D eigenvalue weighted by molar-refractivity contribution is 0.368. The van der Waals surface area contributed by atoms with Crippen molar-refractivity contribution in [2.24, 2.45) is 5.10 Å². The van der Waals surface area contributed by atoms with Gasteiger partial charge < -0.3 is 4.74 Å². The second kappa shape index (κ2) is 6.91. The highest BCUT2D eigenvalue weighted by Crippen LogP contribution is 2.37. The van der Waals surface area contributed by atoms with Gasteiger partial charge in [0.05, 0.1) is 4.47 Å². The van der Waals surface area contributed by atoms with E-state index in [4.69, 9.17) is 11.2 Å². The molecule has 0 amide bonds. The largest absolute Gasteiger partial charge is 0.480 e. The molecule has 1 aliphatic heterocycles. The highest BCUT2D eigenvalue weighted by atomic mass is 79.9. The highest BCUT2D eigenvalue weighted by Gasteiger charge is 2.22. The molecule has 1 N–H and O–H groups in total. The molecule has 0 bridgehead atoms. The Hall–Kier alpha value is -1.90. The smallest absolute Gasteiger partial charge is 0.148 e. The molecule has 3 rings (SSSR count). The van der Waals surface area contributed by atoms with Gasteiger partial charge in [-0.25, -0.2) is 0 Å². The van der Waals surface area contributed by atoms with E-state index in [2.05, 4.69) is 44.5 Å². The van der Waals surface area contributed by atoms with Crippen LogP contribution in [0.3, 0.4) is 0 Å². The topological polar surface area (TPSA) is 33.6 Å². The number of rotatable bonds is 4. The number of halogens is 1. The first-order valence-corrected chi connectivity index (χ1v) is 8.36. The van der Waals surface area contributed by atoms with Crippen LogP contribution >= 0.6 is 27.7 Å². The van der Waals surface area contributed by atoms with Crippen LogP contribution in [-0.2, 0) is 0 Å². The Kier molecular flexibility index (Phi) is 4.71. The number of ether oxygens (including phenoxy) is 1. The number of thioether (sulfide) groups is 1. The molecule has 5 heteroatoms. The lowest BCUT2D eigenvalue weighted by Gasteiger charge is -2.12. The fourth-order valence-corrected chi connectivity index (χ4v) is 3.55. The maximum Gasteiger partial charge on any atom is 0.148 e. The van der Waals surface area contributed by atoms with Gasteiger partial charge in [0.2, 0.25) is 0 Å². The lowest BCUT2D eigenvalue weighted by Crippen LogP contribution is -2.06. The molecule has 1 heterocycles. The Morgan fingerprint density at radius 2 is 2.09 bits per heavy atom. The Morgan fingerprint density at radius 3 is 2.82 bits per heavy atom. The summed E-state index contributed by atoms with van der Waals surface area (Å²) in [5.74, 6) is 3.20. The molecule has 2 aromatic carbocycles. The van der Waals surface area contributed by atoms with E-state index in [0.717, 1.165) is 26.4 Å². The van der Waals surface area contributed by atoms with E-state index in [1.807, 2.05) is 36.4 Å². The van der Waals surface area contributed by atoms with E-state index in [0.29, 0.717) is 0 Å². The zero-order valence-corrected chi connectivity index (χ0v) is 14.0. The molecule has 2 aromatic rings. The monoisotopic (exact) mass is 372 g/mol. The van der Waals surface area contributed by atoms with Crippen LogP contribution in [0, 0.1) is 12.3 Å². The average Bonchev–Trinajstić information content (AvgIpc) is 3.04. The van der Waals surface area contributed by atoms with E-state index in [9.17, 15) is 0 Å². The molecular formula is C17H13BrN2OS. The Bertz CT molecular complexity index is 740. The van der Waals surface area contributed by atoms with Crippen molar-refractivity contribution in [2.75, 3.05) is 6.61 Å². The molecule has 1 atom stereocenters. The van der Waals surface area contributed by atoms with Gasteiger partial charge in [-0.3, -0.25) is 5.43 Å². The summed E-state index contributed by atoms with van der Waals surface area (Å²) in [5, 5.41) is 5.51. The van der Waals surface area contributed by atoms with Crippen molar-refractivity contribution >= 4 is 32.7 Å². The van der Waals surface area contributed by atoms with Crippen molar-refractivity contribution in [3.8, 4) is 18.1 Å². The molecule has 0 aliphatic carbocycles. The first kappa shape index (κ1) is 15.0. The van der Waals surface area contributed by atoms with Crippen molar-refractivity contribution < 1.29 is 4.74 Å². The minimum Gasteiger partial charge on any atom is -0.480 e. The van der Waals surface area contributed by atoms with Gasteiger partial charge in [-0.05, 0) is 33.6 Å². The van der Waals surface area contributed by atoms with E-state index in [1.54, 1.807) is 11.8 Å². The van der Waals surface area contributed by atoms with Gasteiger partial charge in [0.25, 0.3) is 0 Å². The van der Waals surface area contributed by atoms with Crippen LogP contribution in [0.5, 0.6) is 5.75 Å². The second-order valence-corrected chi connectivity index (χ2v) is 6.54. The minimum atomic E-state index is 0.0909. The van der Waals surface area contributed by atoms with Crippen molar-refractivity contribution in [2.45, 2.75) is 5.37 Å². The number of nitrogens with one attached hydrogen (secondary N) is 1. The first-order valence-electron chi connectivity index (χ1n) is 6.69. The fraction of sp³-hybridized carbons (Fsp3) is 0.118. The third-order valence-electron chi connectivity index (χ3n) is 3.10. The predicted octanol–water partition coefficient (Wildman–Crippen LogP) is 4.16. The van der Waals surface area contributed by atoms with Gasteiger partial charge in [-0.2, -0.15) is 5.10 Å². The average molecular weight is 373 g/mol. The molecule has 3 nitrogen and oxygen atoms in total. The minimum absolute atomic E-state index is 0.0909. The summed E-state index contributed by atoms with van der Waals surface area (Å²) in [6.07, 6.45) is 5.21. The SMILES string of the molecule is C#CCOc1ccc(C2NN=C(c3ccccc3)S2)cc1Br. The number of nitrogens with zero attached hydrogens (tertiary/aromatic N) is 1. The highest BCUT2D eigenvalue weighted by molar-refractivity contribution is 9.10. The number of terminal acetylenes is 1. The van der Waals surface area contributed by atoms with Crippen LogP contribution in [0.25, 0.3) is 0 Å². The van der Waals surface area contributed by atoms with Crippen LogP contribution in [0.15, 0.2) is 58.1 Å². The summed E-state index contributed by atoms with van der Waals surface area (Å²) in [4.78, 5) is 0. The second-order valence-electron chi connectivity index (χ2n) is 4.59. The number of hydrogen-bond acceptors (Lipinski definition) is 4. The number of hydrogen-bond donors (Lipinski definition) is 1. The van der Waals surface area contributed by atoms with Gasteiger partial charge in [0, 0.05) is 5.56 Å². The predicted molar refractivity (Wildman–Crippen MR) is 94.9 cm³/mol. The summed E-state index contributed by atoms with van der Waals surface area (Å²) >= 11 is 5.21. The van der Waals surface area contributed by atoms with Crippen LogP contribution in [0.2, 0.25) is 0 Å². The number of hydrazone groups is 1. The summed E-state index contributed by atoms with van der Waals surface area (Å²) in [6.45, 7) is 0.260. The van der Waals surface area contributed by atoms with Crippen LogP contribution < -0.4 is 10.2 Å². The summed E-state index contributed by atoms with van der Waals surface area (Å²) in [7, 11) is 0. The molecule has 0 saturated heterocycles. The maximum absolute atomic E-state index is 5.46. The summed E-state index contributed by atoms with van der Waals surface area (Å²) < 4.78 is 6.34. The number of benzene rings is 2. The molecule has 0 aromatic heterocycles. The van der Waals surface area contributed by atoms with Crippen molar-refractivity contribution in [1.29, 1.82) is 0 Å². The van der Waals surface area contributed by atoms with Gasteiger partial charge in [-0.15, -0.1) is 6.42 Å². The first-order chi connectivity index (χ1) is 10.8. The Labute approximate surface area is 142 Å². The fourth-order valence-electron chi connectivity index (χ4n) is 2.05. The summed E-state index contributed by atoms with van der Waals surface area (Å²) in [6, 6.07) is 16.1. The van der Waals surface area contributed by atoms with Crippen LogP contribution in [-0.4, -0.2) is 11.7 Å². The standard InChI is InChI=1S/C17H13BrN2OS/c1-2-10-21-15-9-8-13(11-14(15)18)17-20-19-16(22-17)12-6-4-3-5-7-12/h1,3-9,11,17,20H,10H2. The lowest BCUT2D eigenvalue weighted by atomic mass is 10.2. The molecule has 0 radical (unpaired) electrons. The third-order valence-corrected chi connectivity index (χ3v) is 4.89. The molecule has 110 valence electrons. The van der Waals surface area contributed by atoms with E-state index >= 15 is 0 Å². The quantitative estimate of drug-likeness (QED) is 0.818. The molecular weight excluding hydrogens is 360 g/mol. The van der Waals surface area contributed by atoms with E-state index < -0.39 is 0 Å². The molecule has 1 aliphatic rings. The van der Waals surface area contributed by atoms with Gasteiger partial charge in [0.1, 0.15) is 22.8 Å². The van der Waals surface area contributed by atoms with Gasteiger partial charge in [0.15, 0.2) is 0 Å². The van der Waals surface area contributed by atoms with E-state index in [-0.39, 0.29) is 12.0 Å². The molecule has 22 heavy (non-hydrogen) atoms. The van der Waals surface area contributed by atoms with Crippen molar-refractivity contribution in [3.05, 3.63) is 64.1 Å². The van der Waals surface area contributed by atoms with E-state index in [1.165, 1.54) is 0 Å². The Morgan fingerprint density at radius 1 is 1.27 bits per heavy atom. The van der Waals surface area contributed by atoms with Crippen LogP contribution in [0.4, 0.5) is 0 Å². The normalized spacial score (nSPS) is 16.5. The molecule has 0 spiro atoms. The van der Waals surface area contributed by atoms with Gasteiger partial charge in [-0.1, -0.05) is 54.1 Å². The summed E-state index contributed by atoms with van der Waals surface area (Å²) in [5.41, 5.74) is 5.41.